The van der Waals surface area contributed by atoms with Crippen LogP contribution in [0.4, 0.5) is 0 Å². The fourth-order valence-corrected chi connectivity index (χ4v) is 4.71. The van der Waals surface area contributed by atoms with Crippen LogP contribution in [0.5, 0.6) is 0 Å². The van der Waals surface area contributed by atoms with E-state index in [0.29, 0.717) is 5.46 Å². The lowest BCUT2D eigenvalue weighted by atomic mass is 9.77. The summed E-state index contributed by atoms with van der Waals surface area (Å²) in [4.78, 5) is 0. The molecule has 1 heterocycles. The largest absolute Gasteiger partial charge is 0.489 e. The number of hydrogen-bond donors (Lipinski definition) is 2. The minimum Gasteiger partial charge on any atom is -0.423 e. The normalized spacial score (nSPS) is 11.7. The molecule has 5 aromatic carbocycles. The standard InChI is InChI=1S/C26H18BNO2/c29-27(30)23-15-16-25(20-10-4-3-9-19(20)23)28-24-12-6-5-11-21(24)22-14-13-17-7-1-2-8-18(17)26(22)28/h1-16,29-30H. The molecule has 0 fully saturated rings. The van der Waals surface area contributed by atoms with Crippen LogP contribution in [-0.2, 0) is 0 Å². The Morgan fingerprint density at radius 3 is 2.00 bits per heavy atom. The Balaban J connectivity index is 1.86. The predicted octanol–water partition coefficient (Wildman–Crippen LogP) is 4.77. The van der Waals surface area contributed by atoms with E-state index in [-0.39, 0.29) is 0 Å². The minimum atomic E-state index is -1.51. The highest BCUT2D eigenvalue weighted by Gasteiger charge is 2.20. The summed E-state index contributed by atoms with van der Waals surface area (Å²) in [7, 11) is -1.51. The molecule has 0 saturated heterocycles. The Hall–Kier alpha value is -3.60. The third kappa shape index (κ3) is 2.35. The number of benzene rings is 5. The molecule has 6 aromatic rings. The van der Waals surface area contributed by atoms with Gasteiger partial charge in [0.1, 0.15) is 0 Å². The van der Waals surface area contributed by atoms with Gasteiger partial charge in [0.05, 0.1) is 16.7 Å². The molecule has 142 valence electrons. The molecule has 0 radical (unpaired) electrons. The summed E-state index contributed by atoms with van der Waals surface area (Å²) in [5, 5.41) is 26.4. The number of rotatable bonds is 2. The molecule has 3 nitrogen and oxygen atoms in total. The van der Waals surface area contributed by atoms with Gasteiger partial charge < -0.3 is 14.6 Å². The second-order valence-electron chi connectivity index (χ2n) is 7.63. The summed E-state index contributed by atoms with van der Waals surface area (Å²) >= 11 is 0. The molecule has 0 atom stereocenters. The first-order valence-corrected chi connectivity index (χ1v) is 10.0. The van der Waals surface area contributed by atoms with Crippen molar-refractivity contribution in [2.75, 3.05) is 0 Å². The molecule has 6 rings (SSSR count). The van der Waals surface area contributed by atoms with E-state index in [1.165, 1.54) is 21.5 Å². The molecule has 0 bridgehead atoms. The van der Waals surface area contributed by atoms with Crippen molar-refractivity contribution in [3.63, 3.8) is 0 Å². The molecular formula is C26H18BNO2. The molecule has 2 N–H and O–H groups in total. The van der Waals surface area contributed by atoms with Crippen molar-refractivity contribution in [1.82, 2.24) is 4.57 Å². The maximum Gasteiger partial charge on any atom is 0.489 e. The zero-order valence-electron chi connectivity index (χ0n) is 16.2. The second-order valence-corrected chi connectivity index (χ2v) is 7.63. The number of aromatic nitrogens is 1. The maximum absolute atomic E-state index is 9.88. The number of hydrogen-bond acceptors (Lipinski definition) is 2. The Kier molecular flexibility index (Phi) is 3.72. The average Bonchev–Trinajstić information content (AvgIpc) is 3.13. The molecular weight excluding hydrogens is 369 g/mol. The van der Waals surface area contributed by atoms with E-state index in [2.05, 4.69) is 65.2 Å². The fraction of sp³-hybridized carbons (Fsp3) is 0. The maximum atomic E-state index is 9.88. The van der Waals surface area contributed by atoms with Crippen LogP contribution in [0.15, 0.2) is 97.1 Å². The third-order valence-corrected chi connectivity index (χ3v) is 6.01. The van der Waals surface area contributed by atoms with Gasteiger partial charge in [-0.1, -0.05) is 84.9 Å². The van der Waals surface area contributed by atoms with Crippen molar-refractivity contribution in [2.24, 2.45) is 0 Å². The minimum absolute atomic E-state index is 0.514. The Morgan fingerprint density at radius 2 is 1.20 bits per heavy atom. The van der Waals surface area contributed by atoms with Crippen LogP contribution in [0.2, 0.25) is 0 Å². The first-order valence-electron chi connectivity index (χ1n) is 10.0. The van der Waals surface area contributed by atoms with E-state index < -0.39 is 7.12 Å². The van der Waals surface area contributed by atoms with E-state index in [9.17, 15) is 10.0 Å². The van der Waals surface area contributed by atoms with E-state index >= 15 is 0 Å². The van der Waals surface area contributed by atoms with Gasteiger partial charge in [0, 0.05) is 21.5 Å². The molecule has 0 unspecified atom stereocenters. The molecule has 30 heavy (non-hydrogen) atoms. The van der Waals surface area contributed by atoms with Crippen molar-refractivity contribution in [2.45, 2.75) is 0 Å². The molecule has 4 heteroatoms. The Labute approximate surface area is 173 Å². The van der Waals surface area contributed by atoms with Gasteiger partial charge in [-0.05, 0) is 28.4 Å². The predicted molar refractivity (Wildman–Crippen MR) is 126 cm³/mol. The van der Waals surface area contributed by atoms with Gasteiger partial charge in [-0.3, -0.25) is 0 Å². The zero-order valence-corrected chi connectivity index (χ0v) is 16.2. The number of nitrogens with zero attached hydrogens (tertiary/aromatic N) is 1. The van der Waals surface area contributed by atoms with Gasteiger partial charge in [0.15, 0.2) is 0 Å². The molecule has 0 aliphatic rings. The van der Waals surface area contributed by atoms with Gasteiger partial charge in [-0.15, -0.1) is 0 Å². The Morgan fingerprint density at radius 1 is 0.533 bits per heavy atom. The topological polar surface area (TPSA) is 45.4 Å². The van der Waals surface area contributed by atoms with Gasteiger partial charge >= 0.3 is 7.12 Å². The van der Waals surface area contributed by atoms with Crippen molar-refractivity contribution in [3.8, 4) is 5.69 Å². The zero-order chi connectivity index (χ0) is 20.2. The van der Waals surface area contributed by atoms with Crippen LogP contribution >= 0.6 is 0 Å². The summed E-state index contributed by atoms with van der Waals surface area (Å²) in [5.41, 5.74) is 3.83. The van der Waals surface area contributed by atoms with E-state index in [0.717, 1.165) is 27.5 Å². The van der Waals surface area contributed by atoms with Crippen molar-refractivity contribution in [1.29, 1.82) is 0 Å². The van der Waals surface area contributed by atoms with Crippen LogP contribution in [0.3, 0.4) is 0 Å². The van der Waals surface area contributed by atoms with Crippen molar-refractivity contribution < 1.29 is 10.0 Å². The number of fused-ring (bicyclic) bond motifs is 6. The average molecular weight is 387 g/mol. The van der Waals surface area contributed by atoms with Crippen molar-refractivity contribution in [3.05, 3.63) is 97.1 Å². The summed E-state index contributed by atoms with van der Waals surface area (Å²) in [6.45, 7) is 0. The lowest BCUT2D eigenvalue weighted by Gasteiger charge is -2.15. The molecule has 0 aliphatic heterocycles. The van der Waals surface area contributed by atoms with Crippen LogP contribution in [-0.4, -0.2) is 21.7 Å². The van der Waals surface area contributed by atoms with E-state index in [4.69, 9.17) is 0 Å². The van der Waals surface area contributed by atoms with Gasteiger partial charge in [0.2, 0.25) is 0 Å². The summed E-state index contributed by atoms with van der Waals surface area (Å²) < 4.78 is 2.31. The molecule has 0 aliphatic carbocycles. The van der Waals surface area contributed by atoms with Gasteiger partial charge in [-0.25, -0.2) is 0 Å². The fourth-order valence-electron chi connectivity index (χ4n) is 4.71. The smallest absolute Gasteiger partial charge is 0.423 e. The van der Waals surface area contributed by atoms with E-state index in [1.54, 1.807) is 0 Å². The summed E-state index contributed by atoms with van der Waals surface area (Å²) in [6.07, 6.45) is 0. The van der Waals surface area contributed by atoms with Crippen molar-refractivity contribution >= 4 is 55.9 Å². The van der Waals surface area contributed by atoms with Crippen LogP contribution in [0.1, 0.15) is 0 Å². The summed E-state index contributed by atoms with van der Waals surface area (Å²) in [6, 6.07) is 33.0. The highest BCUT2D eigenvalue weighted by molar-refractivity contribution is 6.62. The van der Waals surface area contributed by atoms with Crippen LogP contribution < -0.4 is 5.46 Å². The first kappa shape index (κ1) is 17.3. The van der Waals surface area contributed by atoms with Crippen LogP contribution in [0.25, 0.3) is 49.0 Å². The van der Waals surface area contributed by atoms with Gasteiger partial charge in [0.25, 0.3) is 0 Å². The molecule has 0 saturated carbocycles. The molecule has 0 spiro atoms. The highest BCUT2D eigenvalue weighted by atomic mass is 16.4. The number of para-hydroxylation sites is 1. The SMILES string of the molecule is OB(O)c1ccc(-n2c3ccccc3c3ccc4ccccc4c32)c2ccccc12. The van der Waals surface area contributed by atoms with Crippen LogP contribution in [0, 0.1) is 0 Å². The second kappa shape index (κ2) is 6.46. The molecule has 1 aromatic heterocycles. The highest BCUT2D eigenvalue weighted by Crippen LogP contribution is 2.37. The van der Waals surface area contributed by atoms with E-state index in [1.807, 2.05) is 36.4 Å². The van der Waals surface area contributed by atoms with Gasteiger partial charge in [-0.2, -0.15) is 0 Å². The molecule has 0 amide bonds. The lowest BCUT2D eigenvalue weighted by Crippen LogP contribution is -2.30. The first-order chi connectivity index (χ1) is 14.7. The quantitative estimate of drug-likeness (QED) is 0.421. The Bertz CT molecular complexity index is 1580. The monoisotopic (exact) mass is 387 g/mol. The summed E-state index contributed by atoms with van der Waals surface area (Å²) in [5.74, 6) is 0. The lowest BCUT2D eigenvalue weighted by molar-refractivity contribution is 0.426. The third-order valence-electron chi connectivity index (χ3n) is 6.01.